The van der Waals surface area contributed by atoms with Crippen LogP contribution in [0.4, 0.5) is 0 Å². The van der Waals surface area contributed by atoms with Gasteiger partial charge in [-0.25, -0.2) is 0 Å². The third-order valence-electron chi connectivity index (χ3n) is 6.79. The Hall–Kier alpha value is -2.85. The van der Waals surface area contributed by atoms with Crippen molar-refractivity contribution in [3.8, 4) is 11.5 Å². The third-order valence-corrected chi connectivity index (χ3v) is 6.79. The summed E-state index contributed by atoms with van der Waals surface area (Å²) in [6.07, 6.45) is 2.96. The van der Waals surface area contributed by atoms with Crippen molar-refractivity contribution in [1.29, 1.82) is 0 Å². The van der Waals surface area contributed by atoms with Gasteiger partial charge in [-0.3, -0.25) is 19.3 Å². The summed E-state index contributed by atoms with van der Waals surface area (Å²) < 4.78 is 11.0. The van der Waals surface area contributed by atoms with Crippen LogP contribution < -0.4 is 4.74 Å². The average Bonchev–Trinajstić information content (AvgIpc) is 3.09. The molecular weight excluding hydrogens is 432 g/mol. The molecule has 3 aliphatic heterocycles. The summed E-state index contributed by atoms with van der Waals surface area (Å²) in [4.78, 5) is 38.0. The van der Waals surface area contributed by atoms with Gasteiger partial charge < -0.3 is 29.7 Å². The Balaban J connectivity index is 0.000000968. The van der Waals surface area contributed by atoms with E-state index in [9.17, 15) is 19.8 Å². The molecule has 1 aromatic carbocycles. The number of esters is 1. The van der Waals surface area contributed by atoms with E-state index in [1.807, 2.05) is 0 Å². The zero-order valence-electron chi connectivity index (χ0n) is 18.8. The van der Waals surface area contributed by atoms with Gasteiger partial charge >= 0.3 is 5.97 Å². The summed E-state index contributed by atoms with van der Waals surface area (Å²) in [7, 11) is 1.47. The van der Waals surface area contributed by atoms with Crippen molar-refractivity contribution < 1.29 is 39.2 Å². The second-order valence-electron chi connectivity index (χ2n) is 8.80. The average molecular weight is 465 g/mol. The molecule has 4 rings (SSSR count). The van der Waals surface area contributed by atoms with E-state index in [4.69, 9.17) is 19.4 Å². The van der Waals surface area contributed by atoms with E-state index in [1.54, 1.807) is 17.0 Å². The van der Waals surface area contributed by atoms with Crippen LogP contribution in [-0.4, -0.2) is 95.5 Å². The number of carbonyl (C=O) groups is 3. The topological polar surface area (TPSA) is 137 Å². The number of nitrogens with zero attached hydrogens (tertiary/aromatic N) is 2. The number of likely N-dealkylation sites (tertiary alicyclic amines) is 2. The van der Waals surface area contributed by atoms with Crippen LogP contribution in [0.3, 0.4) is 0 Å². The Bertz CT molecular complexity index is 845. The molecule has 0 aliphatic carbocycles. The van der Waals surface area contributed by atoms with Gasteiger partial charge in [0.2, 0.25) is 0 Å². The van der Waals surface area contributed by atoms with Crippen molar-refractivity contribution >= 4 is 18.3 Å². The molecule has 10 heteroatoms. The van der Waals surface area contributed by atoms with E-state index in [-0.39, 0.29) is 41.9 Å². The predicted octanol–water partition coefficient (Wildman–Crippen LogP) is 1.10. The summed E-state index contributed by atoms with van der Waals surface area (Å²) in [6, 6.07) is 4.75. The standard InChI is InChI=1S/C22H30N2O6.CH2O2/c1-29-18-4-2-3-17(26)19(18)20(27)24-11-7-22(8-12-24)13-16(30-21(22)28)14-23-9-5-15(25)6-10-23;2-1-3/h2-4,15-16,25-26H,5-14H2,1H3;1H,(H,2,3). The lowest BCUT2D eigenvalue weighted by atomic mass is 9.76. The Morgan fingerprint density at radius 3 is 2.48 bits per heavy atom. The highest BCUT2D eigenvalue weighted by atomic mass is 16.6. The second-order valence-corrected chi connectivity index (χ2v) is 8.80. The number of methoxy groups -OCH3 is 1. The number of phenols is 1. The summed E-state index contributed by atoms with van der Waals surface area (Å²) in [6.45, 7) is 2.99. The number of carbonyl (C=O) groups excluding carboxylic acids is 2. The summed E-state index contributed by atoms with van der Waals surface area (Å²) in [5, 5.41) is 26.7. The number of aliphatic hydroxyl groups excluding tert-OH is 1. The number of rotatable bonds is 4. The number of hydrogen-bond acceptors (Lipinski definition) is 8. The fourth-order valence-electron chi connectivity index (χ4n) is 4.94. The number of carboxylic acid groups (broad SMARTS) is 1. The number of phenolic OH excluding ortho intramolecular Hbond substituents is 1. The number of hydrogen-bond donors (Lipinski definition) is 3. The molecule has 3 saturated heterocycles. The molecule has 3 heterocycles. The lowest BCUT2D eigenvalue weighted by Gasteiger charge is -2.37. The molecule has 0 aromatic heterocycles. The van der Waals surface area contributed by atoms with Gasteiger partial charge in [-0.05, 0) is 37.8 Å². The second kappa shape index (κ2) is 10.8. The highest BCUT2D eigenvalue weighted by Crippen LogP contribution is 2.44. The first-order valence-electron chi connectivity index (χ1n) is 11.2. The fraction of sp³-hybridized carbons (Fsp3) is 0.609. The third kappa shape index (κ3) is 5.56. The minimum atomic E-state index is -0.528. The SMILES string of the molecule is COc1cccc(O)c1C(=O)N1CCC2(CC1)CC(CN1CCC(O)CC1)OC2=O.O=CO. The first-order chi connectivity index (χ1) is 15.8. The molecule has 0 bridgehead atoms. The molecule has 1 atom stereocenters. The number of benzene rings is 1. The first kappa shape index (κ1) is 24.8. The van der Waals surface area contributed by atoms with Gasteiger partial charge in [-0.2, -0.15) is 0 Å². The van der Waals surface area contributed by atoms with E-state index < -0.39 is 5.41 Å². The Morgan fingerprint density at radius 1 is 1.24 bits per heavy atom. The van der Waals surface area contributed by atoms with E-state index in [1.165, 1.54) is 13.2 Å². The molecule has 1 amide bonds. The lowest BCUT2D eigenvalue weighted by molar-refractivity contribution is -0.151. The van der Waals surface area contributed by atoms with E-state index in [0.717, 1.165) is 25.9 Å². The zero-order valence-corrected chi connectivity index (χ0v) is 18.8. The predicted molar refractivity (Wildman–Crippen MR) is 117 cm³/mol. The Morgan fingerprint density at radius 2 is 1.88 bits per heavy atom. The van der Waals surface area contributed by atoms with Crippen LogP contribution in [0.15, 0.2) is 18.2 Å². The highest BCUT2D eigenvalue weighted by molar-refractivity contribution is 5.99. The molecule has 1 unspecified atom stereocenters. The van der Waals surface area contributed by atoms with Crippen LogP contribution in [0.1, 0.15) is 42.5 Å². The van der Waals surface area contributed by atoms with Crippen LogP contribution in [-0.2, 0) is 14.3 Å². The number of amides is 1. The number of ether oxygens (including phenoxy) is 2. The van der Waals surface area contributed by atoms with Crippen molar-refractivity contribution in [2.24, 2.45) is 5.41 Å². The van der Waals surface area contributed by atoms with E-state index in [0.29, 0.717) is 44.6 Å². The zero-order chi connectivity index (χ0) is 24.0. The van der Waals surface area contributed by atoms with Crippen LogP contribution in [0, 0.1) is 5.41 Å². The molecule has 182 valence electrons. The van der Waals surface area contributed by atoms with Gasteiger partial charge in [0, 0.05) is 39.1 Å². The van der Waals surface area contributed by atoms with Gasteiger partial charge in [-0.15, -0.1) is 0 Å². The number of aromatic hydroxyl groups is 1. The molecule has 1 spiro atoms. The number of cyclic esters (lactones) is 1. The largest absolute Gasteiger partial charge is 0.507 e. The molecule has 0 saturated carbocycles. The van der Waals surface area contributed by atoms with Gasteiger partial charge in [0.15, 0.2) is 0 Å². The van der Waals surface area contributed by atoms with Gasteiger partial charge in [0.05, 0.1) is 18.6 Å². The van der Waals surface area contributed by atoms with Crippen molar-refractivity contribution in [3.63, 3.8) is 0 Å². The maximum Gasteiger partial charge on any atom is 0.312 e. The van der Waals surface area contributed by atoms with Gasteiger partial charge in [-0.1, -0.05) is 6.07 Å². The van der Waals surface area contributed by atoms with E-state index in [2.05, 4.69) is 4.90 Å². The van der Waals surface area contributed by atoms with Crippen LogP contribution >= 0.6 is 0 Å². The molecule has 1 aromatic rings. The van der Waals surface area contributed by atoms with Crippen molar-refractivity contribution in [2.75, 3.05) is 39.8 Å². The summed E-state index contributed by atoms with van der Waals surface area (Å²) >= 11 is 0. The monoisotopic (exact) mass is 464 g/mol. The minimum Gasteiger partial charge on any atom is -0.507 e. The molecule has 33 heavy (non-hydrogen) atoms. The molecule has 3 fully saturated rings. The quantitative estimate of drug-likeness (QED) is 0.442. The first-order valence-corrected chi connectivity index (χ1v) is 11.2. The van der Waals surface area contributed by atoms with Crippen LogP contribution in [0.5, 0.6) is 11.5 Å². The smallest absolute Gasteiger partial charge is 0.312 e. The van der Waals surface area contributed by atoms with Gasteiger partial charge in [0.1, 0.15) is 23.2 Å². The Kier molecular flexibility index (Phi) is 8.15. The lowest BCUT2D eigenvalue weighted by Crippen LogP contribution is -2.45. The molecule has 10 nitrogen and oxygen atoms in total. The molecular formula is C23H32N2O8. The maximum atomic E-state index is 13.0. The normalized spacial score (nSPS) is 22.9. The van der Waals surface area contributed by atoms with Crippen molar-refractivity contribution in [3.05, 3.63) is 23.8 Å². The molecule has 3 N–H and O–H groups in total. The number of aliphatic hydroxyl groups is 1. The van der Waals surface area contributed by atoms with Crippen molar-refractivity contribution in [1.82, 2.24) is 9.80 Å². The van der Waals surface area contributed by atoms with Crippen LogP contribution in [0.25, 0.3) is 0 Å². The fourth-order valence-corrected chi connectivity index (χ4v) is 4.94. The highest BCUT2D eigenvalue weighted by Gasteiger charge is 2.51. The van der Waals surface area contributed by atoms with Crippen LogP contribution in [0.2, 0.25) is 0 Å². The Labute approximate surface area is 192 Å². The van der Waals surface area contributed by atoms with E-state index >= 15 is 0 Å². The van der Waals surface area contributed by atoms with Crippen molar-refractivity contribution in [2.45, 2.75) is 44.3 Å². The molecule has 0 radical (unpaired) electrons. The molecule has 3 aliphatic rings. The van der Waals surface area contributed by atoms with Gasteiger partial charge in [0.25, 0.3) is 12.4 Å². The summed E-state index contributed by atoms with van der Waals surface area (Å²) in [5.41, 5.74) is -0.366. The maximum absolute atomic E-state index is 13.0. The number of piperidine rings is 2. The minimum absolute atomic E-state index is 0.105. The summed E-state index contributed by atoms with van der Waals surface area (Å²) in [5.74, 6) is -0.203.